The number of anilines is 1. The largest absolute Gasteiger partial charge is 0.493 e. The second-order valence-electron chi connectivity index (χ2n) is 5.75. The molecule has 142 valence electrons. The first-order valence-corrected chi connectivity index (χ1v) is 9.00. The van der Waals surface area contributed by atoms with E-state index in [1.165, 1.54) is 0 Å². The van der Waals surface area contributed by atoms with E-state index >= 15 is 0 Å². The molecule has 1 heterocycles. The van der Waals surface area contributed by atoms with E-state index in [9.17, 15) is 0 Å². The van der Waals surface area contributed by atoms with Crippen LogP contribution in [-0.2, 0) is 6.61 Å². The maximum atomic E-state index is 5.86. The predicted octanol–water partition coefficient (Wildman–Crippen LogP) is 3.99. The zero-order valence-electron chi connectivity index (χ0n) is 15.3. The molecule has 1 aromatic heterocycles. The highest BCUT2D eigenvalue weighted by molar-refractivity contribution is 7.80. The fourth-order valence-electron chi connectivity index (χ4n) is 2.38. The van der Waals surface area contributed by atoms with Gasteiger partial charge in [-0.25, -0.2) is 0 Å². The van der Waals surface area contributed by atoms with Crippen LogP contribution in [0.25, 0.3) is 0 Å². The van der Waals surface area contributed by atoms with Crippen molar-refractivity contribution < 1.29 is 9.47 Å². The topological polar surface area (TPSA) is 67.8 Å². The molecule has 0 spiro atoms. The number of aromatic nitrogens is 1. The van der Waals surface area contributed by atoms with Gasteiger partial charge in [-0.05, 0) is 53.7 Å². The number of nitrogens with zero attached hydrogens (tertiary/aromatic N) is 2. The zero-order valence-corrected chi connectivity index (χ0v) is 16.1. The molecule has 0 atom stereocenters. The minimum Gasteiger partial charge on any atom is -0.493 e. The van der Waals surface area contributed by atoms with Gasteiger partial charge in [-0.1, -0.05) is 30.3 Å². The third-order valence-electron chi connectivity index (χ3n) is 3.72. The van der Waals surface area contributed by atoms with E-state index in [-0.39, 0.29) is 0 Å². The molecule has 2 N–H and O–H groups in total. The molecule has 6 nitrogen and oxygen atoms in total. The zero-order chi connectivity index (χ0) is 19.6. The lowest BCUT2D eigenvalue weighted by Gasteiger charge is -2.11. The standard InChI is InChI=1S/C21H20N4O2S/c1-26-20-12-17(9-10-19(20)27-15-16-6-3-2-4-7-16)13-23-25-21(28)24-18-8-5-11-22-14-18/h2-14H,15H2,1H3,(H2,24,25,28)/b23-13-. The normalized spacial score (nSPS) is 10.5. The Morgan fingerprint density at radius 3 is 2.71 bits per heavy atom. The molecule has 0 aliphatic rings. The highest BCUT2D eigenvalue weighted by Crippen LogP contribution is 2.28. The van der Waals surface area contributed by atoms with Gasteiger partial charge in [0.15, 0.2) is 16.6 Å². The van der Waals surface area contributed by atoms with E-state index in [0.29, 0.717) is 23.2 Å². The first-order valence-electron chi connectivity index (χ1n) is 8.59. The van der Waals surface area contributed by atoms with Gasteiger partial charge in [0.05, 0.1) is 25.2 Å². The lowest BCUT2D eigenvalue weighted by molar-refractivity contribution is 0.284. The summed E-state index contributed by atoms with van der Waals surface area (Å²) in [5.74, 6) is 1.31. The molecule has 3 rings (SSSR count). The van der Waals surface area contributed by atoms with Crippen molar-refractivity contribution in [3.05, 3.63) is 84.2 Å². The van der Waals surface area contributed by atoms with Crippen LogP contribution < -0.4 is 20.2 Å². The van der Waals surface area contributed by atoms with Crippen LogP contribution in [-0.4, -0.2) is 23.4 Å². The van der Waals surface area contributed by atoms with Crippen LogP contribution in [0.3, 0.4) is 0 Å². The Kier molecular flexibility index (Phi) is 6.92. The average molecular weight is 392 g/mol. The van der Waals surface area contributed by atoms with Crippen molar-refractivity contribution >= 4 is 29.2 Å². The number of ether oxygens (including phenoxy) is 2. The summed E-state index contributed by atoms with van der Waals surface area (Å²) in [6.07, 6.45) is 5.03. The van der Waals surface area contributed by atoms with Gasteiger partial charge in [0.25, 0.3) is 0 Å². The minimum absolute atomic E-state index is 0.374. The number of rotatable bonds is 7. The molecule has 0 fully saturated rings. The summed E-state index contributed by atoms with van der Waals surface area (Å²) >= 11 is 5.19. The van der Waals surface area contributed by atoms with E-state index in [0.717, 1.165) is 16.8 Å². The Balaban J connectivity index is 1.56. The Morgan fingerprint density at radius 1 is 1.11 bits per heavy atom. The van der Waals surface area contributed by atoms with Gasteiger partial charge in [0, 0.05) is 6.20 Å². The molecule has 0 aliphatic heterocycles. The number of pyridine rings is 1. The number of thiocarbonyl (C=S) groups is 1. The molecular weight excluding hydrogens is 372 g/mol. The number of nitrogens with one attached hydrogen (secondary N) is 2. The molecule has 0 bridgehead atoms. The summed E-state index contributed by atoms with van der Waals surface area (Å²) in [6.45, 7) is 0.473. The number of methoxy groups -OCH3 is 1. The molecule has 0 radical (unpaired) electrons. The van der Waals surface area contributed by atoms with Crippen molar-refractivity contribution in [2.75, 3.05) is 12.4 Å². The van der Waals surface area contributed by atoms with Crippen molar-refractivity contribution in [1.29, 1.82) is 0 Å². The van der Waals surface area contributed by atoms with Gasteiger partial charge in [-0.3, -0.25) is 10.4 Å². The summed E-state index contributed by atoms with van der Waals surface area (Å²) in [5.41, 5.74) is 5.50. The van der Waals surface area contributed by atoms with E-state index in [2.05, 4.69) is 20.8 Å². The monoisotopic (exact) mass is 392 g/mol. The Labute approximate surface area is 169 Å². The number of hydrogen-bond acceptors (Lipinski definition) is 5. The molecule has 0 aliphatic carbocycles. The second-order valence-corrected chi connectivity index (χ2v) is 6.16. The summed E-state index contributed by atoms with van der Waals surface area (Å²) in [5, 5.41) is 7.51. The molecule has 0 saturated heterocycles. The van der Waals surface area contributed by atoms with Crippen LogP contribution in [0.2, 0.25) is 0 Å². The van der Waals surface area contributed by atoms with Gasteiger partial charge in [0.1, 0.15) is 6.61 Å². The molecule has 28 heavy (non-hydrogen) atoms. The van der Waals surface area contributed by atoms with Gasteiger partial charge in [-0.15, -0.1) is 0 Å². The quantitative estimate of drug-likeness (QED) is 0.360. The van der Waals surface area contributed by atoms with Crippen LogP contribution in [0.4, 0.5) is 5.69 Å². The van der Waals surface area contributed by atoms with Crippen molar-refractivity contribution in [3.8, 4) is 11.5 Å². The molecule has 0 saturated carbocycles. The molecule has 0 unspecified atom stereocenters. The molecule has 7 heteroatoms. The van der Waals surface area contributed by atoms with E-state index in [1.54, 1.807) is 25.7 Å². The van der Waals surface area contributed by atoms with E-state index < -0.39 is 0 Å². The van der Waals surface area contributed by atoms with Crippen molar-refractivity contribution in [2.45, 2.75) is 6.61 Å². The molecule has 0 amide bonds. The van der Waals surface area contributed by atoms with E-state index in [1.807, 2.05) is 60.7 Å². The SMILES string of the molecule is COc1cc(/C=N\NC(=S)Nc2cccnc2)ccc1OCc1ccccc1. The smallest absolute Gasteiger partial charge is 0.191 e. The average Bonchev–Trinajstić information content (AvgIpc) is 2.74. The van der Waals surface area contributed by atoms with Crippen molar-refractivity contribution in [3.63, 3.8) is 0 Å². The van der Waals surface area contributed by atoms with Crippen LogP contribution in [0.5, 0.6) is 11.5 Å². The summed E-state index contributed by atoms with van der Waals surface area (Å²) in [7, 11) is 1.61. The van der Waals surface area contributed by atoms with Crippen LogP contribution >= 0.6 is 12.2 Å². The fraction of sp³-hybridized carbons (Fsp3) is 0.0952. The lowest BCUT2D eigenvalue weighted by Crippen LogP contribution is -2.23. The minimum atomic E-state index is 0.374. The second kappa shape index (κ2) is 10.0. The van der Waals surface area contributed by atoms with E-state index in [4.69, 9.17) is 21.7 Å². The fourth-order valence-corrected chi connectivity index (χ4v) is 2.55. The molecule has 3 aromatic rings. The maximum Gasteiger partial charge on any atom is 0.191 e. The van der Waals surface area contributed by atoms with Gasteiger partial charge >= 0.3 is 0 Å². The van der Waals surface area contributed by atoms with Crippen molar-refractivity contribution in [1.82, 2.24) is 10.4 Å². The van der Waals surface area contributed by atoms with Crippen LogP contribution in [0.15, 0.2) is 78.2 Å². The Morgan fingerprint density at radius 2 is 1.96 bits per heavy atom. The summed E-state index contributed by atoms with van der Waals surface area (Å²) in [6, 6.07) is 19.3. The van der Waals surface area contributed by atoms with Gasteiger partial charge < -0.3 is 14.8 Å². The Hall–Kier alpha value is -3.45. The third kappa shape index (κ3) is 5.78. The van der Waals surface area contributed by atoms with Crippen LogP contribution in [0.1, 0.15) is 11.1 Å². The third-order valence-corrected chi connectivity index (χ3v) is 3.92. The number of hydrazone groups is 1. The first-order chi connectivity index (χ1) is 13.7. The molecule has 2 aromatic carbocycles. The highest BCUT2D eigenvalue weighted by Gasteiger charge is 2.05. The Bertz CT molecular complexity index is 934. The first kappa shape index (κ1) is 19.3. The molecular formula is C21H20N4O2S. The van der Waals surface area contributed by atoms with Gasteiger partial charge in [0.2, 0.25) is 0 Å². The summed E-state index contributed by atoms with van der Waals surface area (Å²) < 4.78 is 11.3. The number of hydrogen-bond donors (Lipinski definition) is 2. The summed E-state index contributed by atoms with van der Waals surface area (Å²) in [4.78, 5) is 4.01. The lowest BCUT2D eigenvalue weighted by atomic mass is 10.2. The maximum absolute atomic E-state index is 5.86. The number of benzene rings is 2. The van der Waals surface area contributed by atoms with Crippen LogP contribution in [0, 0.1) is 0 Å². The van der Waals surface area contributed by atoms with Crippen molar-refractivity contribution in [2.24, 2.45) is 5.10 Å². The van der Waals surface area contributed by atoms with Gasteiger partial charge in [-0.2, -0.15) is 5.10 Å². The predicted molar refractivity (Wildman–Crippen MR) is 115 cm³/mol. The highest BCUT2D eigenvalue weighted by atomic mass is 32.1.